The number of carbonyl (C=O) groups excluding carboxylic acids is 2. The van der Waals surface area contributed by atoms with E-state index in [4.69, 9.17) is 0 Å². The van der Waals surface area contributed by atoms with Crippen LogP contribution in [0.4, 0.5) is 5.69 Å². The Bertz CT molecular complexity index is 570. The van der Waals surface area contributed by atoms with Crippen molar-refractivity contribution in [2.24, 2.45) is 11.3 Å². The summed E-state index contributed by atoms with van der Waals surface area (Å²) in [7, 11) is 0. The summed E-state index contributed by atoms with van der Waals surface area (Å²) in [5.74, 6) is 0.249. The van der Waals surface area contributed by atoms with Crippen LogP contribution in [0, 0.1) is 11.3 Å². The fourth-order valence-electron chi connectivity index (χ4n) is 3.27. The minimum Gasteiger partial charge on any atom is -0.351 e. The zero-order valence-corrected chi connectivity index (χ0v) is 13.9. The average Bonchev–Trinajstić information content (AvgIpc) is 3.39. The molecule has 2 amide bonds. The molecule has 1 aromatic rings. The van der Waals surface area contributed by atoms with Crippen molar-refractivity contribution in [3.8, 4) is 0 Å². The molecule has 0 radical (unpaired) electrons. The largest absolute Gasteiger partial charge is 0.351 e. The third-order valence-electron chi connectivity index (χ3n) is 5.10. The van der Waals surface area contributed by atoms with E-state index >= 15 is 0 Å². The van der Waals surface area contributed by atoms with E-state index < -0.39 is 0 Å². The summed E-state index contributed by atoms with van der Waals surface area (Å²) in [6, 6.07) is 7.16. The van der Waals surface area contributed by atoms with Gasteiger partial charge in [0, 0.05) is 23.7 Å². The molecule has 0 saturated heterocycles. The number of anilines is 1. The van der Waals surface area contributed by atoms with Crippen molar-refractivity contribution in [2.75, 3.05) is 11.9 Å². The van der Waals surface area contributed by atoms with Crippen LogP contribution in [-0.2, 0) is 4.79 Å². The highest BCUT2D eigenvalue weighted by Crippen LogP contribution is 2.35. The molecule has 0 aliphatic heterocycles. The number of carbonyl (C=O) groups is 2. The maximum Gasteiger partial charge on any atom is 0.251 e. The van der Waals surface area contributed by atoms with E-state index in [1.165, 1.54) is 32.1 Å². The van der Waals surface area contributed by atoms with Crippen molar-refractivity contribution in [2.45, 2.75) is 51.9 Å². The Morgan fingerprint density at radius 1 is 1.09 bits per heavy atom. The first-order valence-electron chi connectivity index (χ1n) is 8.75. The minimum atomic E-state index is -0.0307. The smallest absolute Gasteiger partial charge is 0.251 e. The molecular formula is C19H26N2O2. The van der Waals surface area contributed by atoms with Crippen LogP contribution in [0.25, 0.3) is 0 Å². The van der Waals surface area contributed by atoms with Gasteiger partial charge in [0.25, 0.3) is 5.91 Å². The number of nitrogens with one attached hydrogen (secondary N) is 2. The van der Waals surface area contributed by atoms with Crippen LogP contribution < -0.4 is 10.6 Å². The number of benzene rings is 1. The molecule has 23 heavy (non-hydrogen) atoms. The van der Waals surface area contributed by atoms with E-state index in [-0.39, 0.29) is 23.1 Å². The fourth-order valence-corrected chi connectivity index (χ4v) is 3.27. The molecule has 2 fully saturated rings. The van der Waals surface area contributed by atoms with Gasteiger partial charge in [0.1, 0.15) is 0 Å². The van der Waals surface area contributed by atoms with Gasteiger partial charge in [-0.15, -0.1) is 0 Å². The number of amides is 2. The lowest BCUT2D eigenvalue weighted by atomic mass is 9.76. The van der Waals surface area contributed by atoms with E-state index in [1.807, 2.05) is 0 Å². The second-order valence-electron chi connectivity index (χ2n) is 7.39. The topological polar surface area (TPSA) is 58.2 Å². The SMILES string of the molecule is CC1(CNC(=O)c2ccc(NC(=O)C3CC3)cc2)CCCCC1. The monoisotopic (exact) mass is 314 g/mol. The molecule has 0 heterocycles. The lowest BCUT2D eigenvalue weighted by Crippen LogP contribution is -2.37. The molecule has 3 rings (SSSR count). The second kappa shape index (κ2) is 6.73. The van der Waals surface area contributed by atoms with Crippen molar-refractivity contribution in [1.29, 1.82) is 0 Å². The first-order chi connectivity index (χ1) is 11.1. The number of hydrogen-bond donors (Lipinski definition) is 2. The summed E-state index contributed by atoms with van der Waals surface area (Å²) in [6.07, 6.45) is 8.22. The van der Waals surface area contributed by atoms with Gasteiger partial charge in [-0.2, -0.15) is 0 Å². The molecule has 2 aliphatic rings. The minimum absolute atomic E-state index is 0.0307. The van der Waals surface area contributed by atoms with Crippen LogP contribution in [0.15, 0.2) is 24.3 Å². The Kier molecular flexibility index (Phi) is 4.69. The molecule has 1 aromatic carbocycles. The van der Waals surface area contributed by atoms with Crippen LogP contribution in [0.3, 0.4) is 0 Å². The Labute approximate surface area is 138 Å². The molecule has 0 aromatic heterocycles. The first-order valence-corrected chi connectivity index (χ1v) is 8.75. The van der Waals surface area contributed by atoms with Gasteiger partial charge in [0.2, 0.25) is 5.91 Å². The predicted octanol–water partition coefficient (Wildman–Crippen LogP) is 3.74. The highest BCUT2D eigenvalue weighted by atomic mass is 16.2. The number of hydrogen-bond acceptors (Lipinski definition) is 2. The molecule has 2 N–H and O–H groups in total. The van der Waals surface area contributed by atoms with E-state index in [9.17, 15) is 9.59 Å². The van der Waals surface area contributed by atoms with E-state index in [0.29, 0.717) is 5.56 Å². The summed E-state index contributed by atoms with van der Waals surface area (Å²) >= 11 is 0. The van der Waals surface area contributed by atoms with Gasteiger partial charge in [-0.3, -0.25) is 9.59 Å². The summed E-state index contributed by atoms with van der Waals surface area (Å²) in [4.78, 5) is 24.0. The average molecular weight is 314 g/mol. The Morgan fingerprint density at radius 2 is 1.74 bits per heavy atom. The summed E-state index contributed by atoms with van der Waals surface area (Å²) in [5.41, 5.74) is 1.65. The van der Waals surface area contributed by atoms with E-state index in [2.05, 4.69) is 17.6 Å². The highest BCUT2D eigenvalue weighted by molar-refractivity contribution is 5.96. The summed E-state index contributed by atoms with van der Waals surface area (Å²) < 4.78 is 0. The van der Waals surface area contributed by atoms with Gasteiger partial charge >= 0.3 is 0 Å². The number of rotatable bonds is 5. The lowest BCUT2D eigenvalue weighted by molar-refractivity contribution is -0.117. The third kappa shape index (κ3) is 4.34. The fraction of sp³-hybridized carbons (Fsp3) is 0.579. The Morgan fingerprint density at radius 3 is 2.35 bits per heavy atom. The summed E-state index contributed by atoms with van der Waals surface area (Å²) in [6.45, 7) is 3.01. The Hall–Kier alpha value is -1.84. The molecule has 0 spiro atoms. The zero-order chi connectivity index (χ0) is 16.3. The zero-order valence-electron chi connectivity index (χ0n) is 13.9. The molecular weight excluding hydrogens is 288 g/mol. The standard InChI is InChI=1S/C19H26N2O2/c1-19(11-3-2-4-12-19)13-20-17(22)14-7-9-16(10-8-14)21-18(23)15-5-6-15/h7-10,15H,2-6,11-13H2,1H3,(H,20,22)(H,21,23). The van der Waals surface area contributed by atoms with Crippen LogP contribution in [-0.4, -0.2) is 18.4 Å². The van der Waals surface area contributed by atoms with Crippen molar-refractivity contribution < 1.29 is 9.59 Å². The summed E-state index contributed by atoms with van der Waals surface area (Å²) in [5, 5.41) is 5.96. The molecule has 4 heteroatoms. The van der Waals surface area contributed by atoms with Gasteiger partial charge in [0.15, 0.2) is 0 Å². The lowest BCUT2D eigenvalue weighted by Gasteiger charge is -2.33. The van der Waals surface area contributed by atoms with Gasteiger partial charge in [-0.25, -0.2) is 0 Å². The highest BCUT2D eigenvalue weighted by Gasteiger charge is 2.29. The molecule has 124 valence electrons. The maximum atomic E-state index is 12.3. The Balaban J connectivity index is 1.51. The van der Waals surface area contributed by atoms with Gasteiger partial charge < -0.3 is 10.6 Å². The third-order valence-corrected chi connectivity index (χ3v) is 5.10. The van der Waals surface area contributed by atoms with Crippen LogP contribution >= 0.6 is 0 Å². The van der Waals surface area contributed by atoms with Crippen molar-refractivity contribution >= 4 is 17.5 Å². The molecule has 4 nitrogen and oxygen atoms in total. The van der Waals surface area contributed by atoms with Gasteiger partial charge in [-0.1, -0.05) is 26.2 Å². The van der Waals surface area contributed by atoms with E-state index in [1.54, 1.807) is 24.3 Å². The van der Waals surface area contributed by atoms with Crippen LogP contribution in [0.1, 0.15) is 62.2 Å². The van der Waals surface area contributed by atoms with Crippen LogP contribution in [0.2, 0.25) is 0 Å². The molecule has 2 aliphatic carbocycles. The van der Waals surface area contributed by atoms with E-state index in [0.717, 1.165) is 25.1 Å². The van der Waals surface area contributed by atoms with Gasteiger partial charge in [0.05, 0.1) is 0 Å². The van der Waals surface area contributed by atoms with Gasteiger partial charge in [-0.05, 0) is 55.4 Å². The normalized spacial score (nSPS) is 19.9. The van der Waals surface area contributed by atoms with Crippen molar-refractivity contribution in [3.63, 3.8) is 0 Å². The second-order valence-corrected chi connectivity index (χ2v) is 7.39. The quantitative estimate of drug-likeness (QED) is 0.870. The van der Waals surface area contributed by atoms with Crippen molar-refractivity contribution in [1.82, 2.24) is 5.32 Å². The molecule has 0 bridgehead atoms. The molecule has 0 atom stereocenters. The van der Waals surface area contributed by atoms with Crippen molar-refractivity contribution in [3.05, 3.63) is 29.8 Å². The first kappa shape index (κ1) is 16.0. The predicted molar refractivity (Wildman–Crippen MR) is 91.3 cm³/mol. The maximum absolute atomic E-state index is 12.3. The van der Waals surface area contributed by atoms with Crippen LogP contribution in [0.5, 0.6) is 0 Å². The molecule has 2 saturated carbocycles. The molecule has 0 unspecified atom stereocenters.